The van der Waals surface area contributed by atoms with Gasteiger partial charge in [0.25, 0.3) is 0 Å². The second-order valence-corrected chi connectivity index (χ2v) is 8.73. The van der Waals surface area contributed by atoms with Gasteiger partial charge in [-0.25, -0.2) is 9.59 Å². The van der Waals surface area contributed by atoms with E-state index in [2.05, 4.69) is 25.4 Å². The smallest absolute Gasteiger partial charge is 0.338 e. The highest BCUT2D eigenvalue weighted by Crippen LogP contribution is 2.33. The van der Waals surface area contributed by atoms with Crippen molar-refractivity contribution in [2.24, 2.45) is 0 Å². The van der Waals surface area contributed by atoms with Crippen LogP contribution in [0.5, 0.6) is 0 Å². The number of carbonyl (C=O) groups excluding carboxylic acids is 2. The molecule has 1 unspecified atom stereocenters. The summed E-state index contributed by atoms with van der Waals surface area (Å²) in [4.78, 5) is 25.9. The number of esters is 1. The molecule has 0 radical (unpaired) electrons. The maximum Gasteiger partial charge on any atom is 0.338 e. The van der Waals surface area contributed by atoms with Gasteiger partial charge in [-0.3, -0.25) is 0 Å². The molecule has 154 valence electrons. The zero-order chi connectivity index (χ0) is 20.2. The van der Waals surface area contributed by atoms with Gasteiger partial charge in [-0.15, -0.1) is 21.5 Å². The van der Waals surface area contributed by atoms with Gasteiger partial charge in [-0.1, -0.05) is 24.2 Å². The lowest BCUT2D eigenvalue weighted by Crippen LogP contribution is -2.46. The van der Waals surface area contributed by atoms with E-state index in [4.69, 9.17) is 4.74 Å². The van der Waals surface area contributed by atoms with Gasteiger partial charge in [0, 0.05) is 29.3 Å². The highest BCUT2D eigenvalue weighted by Gasteiger charge is 2.34. The van der Waals surface area contributed by atoms with Crippen LogP contribution in [0.4, 0.5) is 4.79 Å². The maximum atomic E-state index is 12.8. The number of thiophene rings is 1. The third-order valence-corrected chi connectivity index (χ3v) is 6.83. The molecule has 0 saturated carbocycles. The molecule has 10 heteroatoms. The number of aryl methyl sites for hydroxylation is 1. The monoisotopic (exact) mass is 433 g/mol. The van der Waals surface area contributed by atoms with E-state index in [-0.39, 0.29) is 12.6 Å². The van der Waals surface area contributed by atoms with Crippen molar-refractivity contribution < 1.29 is 14.3 Å². The number of rotatable bonds is 6. The standard InChI is InChI=1S/C19H23N5O3S2/c1-2-27-17(25)15-12(20-18(26)21-16(15)13-7-6-10-28-13)11-29-19-23-22-14-8-4-3-5-9-24(14)19/h6-7,10,16H,2-5,8-9,11H2,1H3,(H2,20,21,26). The molecular weight excluding hydrogens is 410 g/mol. The first-order valence-electron chi connectivity index (χ1n) is 9.73. The minimum absolute atomic E-state index is 0.269. The van der Waals surface area contributed by atoms with Crippen LogP contribution in [0.2, 0.25) is 0 Å². The van der Waals surface area contributed by atoms with E-state index in [9.17, 15) is 9.59 Å². The average molecular weight is 434 g/mol. The maximum absolute atomic E-state index is 12.8. The molecule has 8 nitrogen and oxygen atoms in total. The molecular formula is C19H23N5O3S2. The van der Waals surface area contributed by atoms with Crippen LogP contribution in [0.3, 0.4) is 0 Å². The number of nitrogens with one attached hydrogen (secondary N) is 2. The highest BCUT2D eigenvalue weighted by molar-refractivity contribution is 7.99. The molecule has 2 aliphatic rings. The van der Waals surface area contributed by atoms with Gasteiger partial charge in [-0.05, 0) is 31.2 Å². The van der Waals surface area contributed by atoms with Crippen molar-refractivity contribution in [2.75, 3.05) is 12.4 Å². The minimum Gasteiger partial charge on any atom is -0.463 e. The van der Waals surface area contributed by atoms with Crippen molar-refractivity contribution in [3.05, 3.63) is 39.5 Å². The average Bonchev–Trinajstić information content (AvgIpc) is 3.31. The number of amides is 2. The normalized spacial score (nSPS) is 19.2. The second kappa shape index (κ2) is 9.00. The Morgan fingerprint density at radius 1 is 1.38 bits per heavy atom. The van der Waals surface area contributed by atoms with Crippen LogP contribution in [-0.2, 0) is 22.5 Å². The van der Waals surface area contributed by atoms with Crippen molar-refractivity contribution in [1.29, 1.82) is 0 Å². The number of nitrogens with zero attached hydrogens (tertiary/aromatic N) is 3. The van der Waals surface area contributed by atoms with E-state index in [1.165, 1.54) is 29.5 Å². The fraction of sp³-hybridized carbons (Fsp3) is 0.474. The van der Waals surface area contributed by atoms with Gasteiger partial charge in [0.1, 0.15) is 5.82 Å². The molecule has 0 aromatic carbocycles. The first-order valence-corrected chi connectivity index (χ1v) is 11.6. The summed E-state index contributed by atoms with van der Waals surface area (Å²) >= 11 is 2.97. The number of hydrogen-bond acceptors (Lipinski definition) is 7. The van der Waals surface area contributed by atoms with Crippen LogP contribution in [-0.4, -0.2) is 39.1 Å². The molecule has 0 saturated heterocycles. The molecule has 4 rings (SSSR count). The van der Waals surface area contributed by atoms with Gasteiger partial charge < -0.3 is 19.9 Å². The summed E-state index contributed by atoms with van der Waals surface area (Å²) in [5.41, 5.74) is 0.999. The van der Waals surface area contributed by atoms with Crippen LogP contribution < -0.4 is 10.6 Å². The Hall–Kier alpha value is -2.33. The summed E-state index contributed by atoms with van der Waals surface area (Å²) in [6, 6.07) is 2.96. The SMILES string of the molecule is CCOC(=O)C1=C(CSc2nnc3n2CCCCC3)NC(=O)NC1c1cccs1. The quantitative estimate of drug-likeness (QED) is 0.537. The Morgan fingerprint density at radius 2 is 2.28 bits per heavy atom. The van der Waals surface area contributed by atoms with E-state index in [1.807, 2.05) is 17.5 Å². The van der Waals surface area contributed by atoms with Crippen molar-refractivity contribution >= 4 is 35.1 Å². The first-order chi connectivity index (χ1) is 14.2. The largest absolute Gasteiger partial charge is 0.463 e. The zero-order valence-corrected chi connectivity index (χ0v) is 17.8. The van der Waals surface area contributed by atoms with Crippen molar-refractivity contribution in [1.82, 2.24) is 25.4 Å². The molecule has 0 bridgehead atoms. The molecule has 2 aromatic heterocycles. The number of aromatic nitrogens is 3. The molecule has 0 aliphatic carbocycles. The lowest BCUT2D eigenvalue weighted by Gasteiger charge is -2.28. The van der Waals surface area contributed by atoms with E-state index < -0.39 is 12.0 Å². The predicted molar refractivity (Wildman–Crippen MR) is 111 cm³/mol. The first kappa shape index (κ1) is 20.0. The lowest BCUT2D eigenvalue weighted by atomic mass is 10.0. The Labute approximate surface area is 177 Å². The third kappa shape index (κ3) is 4.32. The van der Waals surface area contributed by atoms with Gasteiger partial charge in [0.15, 0.2) is 5.16 Å². The third-order valence-electron chi connectivity index (χ3n) is 4.90. The fourth-order valence-electron chi connectivity index (χ4n) is 3.55. The summed E-state index contributed by atoms with van der Waals surface area (Å²) < 4.78 is 7.45. The molecule has 4 heterocycles. The lowest BCUT2D eigenvalue weighted by molar-refractivity contribution is -0.139. The van der Waals surface area contributed by atoms with Crippen LogP contribution in [0.25, 0.3) is 0 Å². The van der Waals surface area contributed by atoms with Crippen molar-refractivity contribution in [3.8, 4) is 0 Å². The van der Waals surface area contributed by atoms with Crippen LogP contribution in [0.15, 0.2) is 33.9 Å². The summed E-state index contributed by atoms with van der Waals surface area (Å²) in [6.45, 7) is 2.94. The molecule has 1 atom stereocenters. The molecule has 2 aliphatic heterocycles. The molecule has 2 aromatic rings. The number of carbonyl (C=O) groups is 2. The number of thioether (sulfide) groups is 1. The van der Waals surface area contributed by atoms with Crippen LogP contribution in [0, 0.1) is 0 Å². The Morgan fingerprint density at radius 3 is 3.07 bits per heavy atom. The van der Waals surface area contributed by atoms with E-state index in [0.717, 1.165) is 41.7 Å². The van der Waals surface area contributed by atoms with Gasteiger partial charge in [-0.2, -0.15) is 0 Å². The fourth-order valence-corrected chi connectivity index (χ4v) is 5.29. The van der Waals surface area contributed by atoms with E-state index in [0.29, 0.717) is 17.0 Å². The van der Waals surface area contributed by atoms with Gasteiger partial charge in [0.2, 0.25) is 0 Å². The van der Waals surface area contributed by atoms with Crippen LogP contribution in [0.1, 0.15) is 42.9 Å². The van der Waals surface area contributed by atoms with E-state index in [1.54, 1.807) is 6.92 Å². The number of urea groups is 1. The minimum atomic E-state index is -0.520. The van der Waals surface area contributed by atoms with Crippen molar-refractivity contribution in [3.63, 3.8) is 0 Å². The summed E-state index contributed by atoms with van der Waals surface area (Å²) in [5.74, 6) is 0.992. The summed E-state index contributed by atoms with van der Waals surface area (Å²) in [6.07, 6.45) is 4.36. The summed E-state index contributed by atoms with van der Waals surface area (Å²) in [7, 11) is 0. The highest BCUT2D eigenvalue weighted by atomic mass is 32.2. The Kier molecular flexibility index (Phi) is 6.19. The van der Waals surface area contributed by atoms with Crippen LogP contribution >= 0.6 is 23.1 Å². The zero-order valence-electron chi connectivity index (χ0n) is 16.1. The topological polar surface area (TPSA) is 98.1 Å². The predicted octanol–water partition coefficient (Wildman–Crippen LogP) is 3.03. The molecule has 0 spiro atoms. The van der Waals surface area contributed by atoms with Gasteiger partial charge >= 0.3 is 12.0 Å². The molecule has 0 fully saturated rings. The molecule has 29 heavy (non-hydrogen) atoms. The Bertz CT molecular complexity index is 922. The number of hydrogen-bond donors (Lipinski definition) is 2. The Balaban J connectivity index is 1.63. The van der Waals surface area contributed by atoms with Gasteiger partial charge in [0.05, 0.1) is 18.2 Å². The summed E-state index contributed by atoms with van der Waals surface area (Å²) in [5, 5.41) is 17.0. The van der Waals surface area contributed by atoms with Crippen molar-refractivity contribution in [2.45, 2.75) is 50.4 Å². The number of fused-ring (bicyclic) bond motifs is 1. The second-order valence-electron chi connectivity index (χ2n) is 6.81. The molecule has 2 amide bonds. The van der Waals surface area contributed by atoms with E-state index >= 15 is 0 Å². The molecule has 2 N–H and O–H groups in total. The number of ether oxygens (including phenoxy) is 1.